The summed E-state index contributed by atoms with van der Waals surface area (Å²) >= 11 is 5.30. The van der Waals surface area contributed by atoms with Crippen molar-refractivity contribution in [2.45, 2.75) is 24.8 Å². The Labute approximate surface area is 70.7 Å². The van der Waals surface area contributed by atoms with E-state index in [0.717, 1.165) is 19.3 Å². The molecule has 1 aliphatic rings. The number of carbonyl (C=O) groups is 1. The van der Waals surface area contributed by atoms with Gasteiger partial charge in [0.1, 0.15) is 5.88 Å². The molecule has 0 aromatic rings. The molecule has 3 nitrogen and oxygen atoms in total. The monoisotopic (exact) mass is 177 g/mol. The van der Waals surface area contributed by atoms with Gasteiger partial charge in [-0.25, -0.2) is 0 Å². The van der Waals surface area contributed by atoms with Crippen molar-refractivity contribution in [3.8, 4) is 0 Å². The van der Waals surface area contributed by atoms with Crippen LogP contribution in [0.1, 0.15) is 19.3 Å². The van der Waals surface area contributed by atoms with Gasteiger partial charge in [0.05, 0.1) is 12.1 Å². The van der Waals surface area contributed by atoms with Gasteiger partial charge in [0.2, 0.25) is 5.91 Å². The highest BCUT2D eigenvalue weighted by molar-refractivity contribution is 6.27. The Hall–Kier alpha value is -0.280. The van der Waals surface area contributed by atoms with Crippen molar-refractivity contribution >= 4 is 17.5 Å². The van der Waals surface area contributed by atoms with Gasteiger partial charge in [-0.1, -0.05) is 0 Å². The van der Waals surface area contributed by atoms with Gasteiger partial charge in [0.25, 0.3) is 0 Å². The number of amides is 1. The van der Waals surface area contributed by atoms with Gasteiger partial charge >= 0.3 is 0 Å². The third kappa shape index (κ3) is 1.84. The maximum absolute atomic E-state index is 10.8. The number of aliphatic hydroxyl groups is 1. The Morgan fingerprint density at radius 2 is 2.27 bits per heavy atom. The number of aliphatic hydroxyl groups excluding tert-OH is 1. The van der Waals surface area contributed by atoms with Crippen molar-refractivity contribution in [2.24, 2.45) is 0 Å². The number of alkyl halides is 1. The van der Waals surface area contributed by atoms with Gasteiger partial charge in [-0.15, -0.1) is 11.6 Å². The Bertz CT molecular complexity index is 151. The van der Waals surface area contributed by atoms with Crippen LogP contribution in [-0.2, 0) is 4.79 Å². The van der Waals surface area contributed by atoms with Crippen molar-refractivity contribution < 1.29 is 9.90 Å². The minimum Gasteiger partial charge on any atom is -0.394 e. The highest BCUT2D eigenvalue weighted by atomic mass is 35.5. The van der Waals surface area contributed by atoms with Gasteiger partial charge in [-0.05, 0) is 19.3 Å². The lowest BCUT2D eigenvalue weighted by atomic mass is 9.77. The van der Waals surface area contributed by atoms with E-state index >= 15 is 0 Å². The molecule has 1 amide bonds. The number of rotatable bonds is 3. The fourth-order valence-electron chi connectivity index (χ4n) is 1.26. The quantitative estimate of drug-likeness (QED) is 0.608. The molecule has 1 fully saturated rings. The Morgan fingerprint density at radius 1 is 1.64 bits per heavy atom. The van der Waals surface area contributed by atoms with E-state index in [1.54, 1.807) is 0 Å². The van der Waals surface area contributed by atoms with Gasteiger partial charge in [-0.3, -0.25) is 4.79 Å². The topological polar surface area (TPSA) is 49.3 Å². The van der Waals surface area contributed by atoms with E-state index in [9.17, 15) is 4.79 Å². The van der Waals surface area contributed by atoms with Crippen molar-refractivity contribution in [3.63, 3.8) is 0 Å². The van der Waals surface area contributed by atoms with Crippen LogP contribution in [0, 0.1) is 0 Å². The van der Waals surface area contributed by atoms with E-state index in [1.807, 2.05) is 0 Å². The summed E-state index contributed by atoms with van der Waals surface area (Å²) in [6.45, 7) is 0.0234. The van der Waals surface area contributed by atoms with Crippen molar-refractivity contribution in [1.29, 1.82) is 0 Å². The minimum atomic E-state index is -0.341. The molecule has 0 unspecified atom stereocenters. The summed E-state index contributed by atoms with van der Waals surface area (Å²) in [5.41, 5.74) is -0.341. The molecule has 4 heteroatoms. The predicted octanol–water partition coefficient (Wildman–Crippen LogP) is 0.256. The zero-order valence-electron chi connectivity index (χ0n) is 6.27. The average Bonchev–Trinajstić information content (AvgIpc) is 1.96. The lowest BCUT2D eigenvalue weighted by Crippen LogP contribution is -2.56. The molecule has 1 saturated carbocycles. The molecule has 64 valence electrons. The van der Waals surface area contributed by atoms with Crippen LogP contribution in [0.3, 0.4) is 0 Å². The molecular weight excluding hydrogens is 166 g/mol. The van der Waals surface area contributed by atoms with E-state index in [1.165, 1.54) is 0 Å². The fourth-order valence-corrected chi connectivity index (χ4v) is 1.32. The second kappa shape index (κ2) is 3.41. The lowest BCUT2D eigenvalue weighted by molar-refractivity contribution is -0.122. The third-order valence-corrected chi connectivity index (χ3v) is 2.38. The van der Waals surface area contributed by atoms with Crippen LogP contribution in [0.25, 0.3) is 0 Å². The van der Waals surface area contributed by atoms with E-state index in [0.29, 0.717) is 0 Å². The second-order valence-corrected chi connectivity index (χ2v) is 3.24. The van der Waals surface area contributed by atoms with E-state index in [2.05, 4.69) is 5.32 Å². The Balaban J connectivity index is 2.38. The predicted molar refractivity (Wildman–Crippen MR) is 42.5 cm³/mol. The summed E-state index contributed by atoms with van der Waals surface area (Å²) in [6.07, 6.45) is 2.81. The fraction of sp³-hybridized carbons (Fsp3) is 0.857. The number of hydrogen-bond donors (Lipinski definition) is 2. The van der Waals surface area contributed by atoms with Gasteiger partial charge in [0, 0.05) is 0 Å². The first-order valence-corrected chi connectivity index (χ1v) is 4.24. The van der Waals surface area contributed by atoms with Crippen LogP contribution in [0.5, 0.6) is 0 Å². The van der Waals surface area contributed by atoms with Crippen LogP contribution in [0.15, 0.2) is 0 Å². The zero-order valence-corrected chi connectivity index (χ0v) is 7.02. The highest BCUT2D eigenvalue weighted by Crippen LogP contribution is 2.30. The highest BCUT2D eigenvalue weighted by Gasteiger charge is 2.37. The number of carbonyl (C=O) groups excluding carboxylic acids is 1. The lowest BCUT2D eigenvalue weighted by Gasteiger charge is -2.40. The molecule has 0 radical (unpaired) electrons. The maximum atomic E-state index is 10.8. The molecule has 0 heterocycles. The van der Waals surface area contributed by atoms with E-state index in [-0.39, 0.29) is 23.9 Å². The molecule has 1 aliphatic carbocycles. The van der Waals surface area contributed by atoms with Gasteiger partial charge in [-0.2, -0.15) is 0 Å². The van der Waals surface area contributed by atoms with Crippen LogP contribution >= 0.6 is 11.6 Å². The molecule has 0 atom stereocenters. The summed E-state index contributed by atoms with van der Waals surface area (Å²) in [7, 11) is 0. The molecule has 0 aliphatic heterocycles. The SMILES string of the molecule is O=C(CCl)NC1(CO)CCC1. The van der Waals surface area contributed by atoms with Crippen LogP contribution in [-0.4, -0.2) is 29.0 Å². The average molecular weight is 178 g/mol. The van der Waals surface area contributed by atoms with Gasteiger partial charge < -0.3 is 10.4 Å². The Kier molecular flexibility index (Phi) is 2.73. The van der Waals surface area contributed by atoms with Crippen LogP contribution < -0.4 is 5.32 Å². The summed E-state index contributed by atoms with van der Waals surface area (Å²) < 4.78 is 0. The molecule has 2 N–H and O–H groups in total. The molecule has 0 aromatic carbocycles. The van der Waals surface area contributed by atoms with Crippen molar-refractivity contribution in [2.75, 3.05) is 12.5 Å². The van der Waals surface area contributed by atoms with Crippen LogP contribution in [0.4, 0.5) is 0 Å². The molecule has 0 bridgehead atoms. The van der Waals surface area contributed by atoms with E-state index in [4.69, 9.17) is 16.7 Å². The van der Waals surface area contributed by atoms with Crippen molar-refractivity contribution in [3.05, 3.63) is 0 Å². The molecular formula is C7H12ClNO2. The van der Waals surface area contributed by atoms with Gasteiger partial charge in [0.15, 0.2) is 0 Å². The van der Waals surface area contributed by atoms with Crippen molar-refractivity contribution in [1.82, 2.24) is 5.32 Å². The first-order valence-electron chi connectivity index (χ1n) is 3.70. The van der Waals surface area contributed by atoms with E-state index < -0.39 is 0 Å². The first kappa shape index (κ1) is 8.81. The summed E-state index contributed by atoms with van der Waals surface area (Å²) in [6, 6.07) is 0. The zero-order chi connectivity index (χ0) is 8.32. The maximum Gasteiger partial charge on any atom is 0.235 e. The summed E-state index contributed by atoms with van der Waals surface area (Å²) in [5.74, 6) is -0.220. The smallest absolute Gasteiger partial charge is 0.235 e. The number of halogens is 1. The standard InChI is InChI=1S/C7H12ClNO2/c8-4-6(11)9-7(5-10)2-1-3-7/h10H,1-5H2,(H,9,11). The summed E-state index contributed by atoms with van der Waals surface area (Å²) in [5, 5.41) is 11.6. The first-order chi connectivity index (χ1) is 5.22. The molecule has 0 aromatic heterocycles. The largest absolute Gasteiger partial charge is 0.394 e. The molecule has 1 rings (SSSR count). The Morgan fingerprint density at radius 3 is 2.55 bits per heavy atom. The normalized spacial score (nSPS) is 20.5. The minimum absolute atomic E-state index is 0.0234. The summed E-state index contributed by atoms with van der Waals surface area (Å²) in [4.78, 5) is 10.8. The molecule has 0 spiro atoms. The number of hydrogen-bond acceptors (Lipinski definition) is 2. The number of nitrogens with one attached hydrogen (secondary N) is 1. The van der Waals surface area contributed by atoms with Crippen LogP contribution in [0.2, 0.25) is 0 Å². The third-order valence-electron chi connectivity index (χ3n) is 2.14. The second-order valence-electron chi connectivity index (χ2n) is 2.97. The molecule has 0 saturated heterocycles. The molecule has 11 heavy (non-hydrogen) atoms.